The van der Waals surface area contributed by atoms with Gasteiger partial charge in [-0.3, -0.25) is 9.59 Å². The number of carbonyl (C=O) groups excluding carboxylic acids is 4. The number of amides is 2. The Balaban J connectivity index is 0.000000300. The molecule has 18 heteroatoms. The SMILES string of the molecule is CC(C)c1c(C(=O)Nc2ccccc2)c(-c2ccccc2)c(-c2ccc(F)cc2)n1CC[C@@H](O)C[C@@H](O)CC(=O)[O-].CC(C)c1c(C(=O)Nc2ccccc2)c(-c2ccccc2)c(-c2ccc(F)cc2)n1CC[C@@H](O)C[C@@H](O)CC(=O)[O-].[Ca+2].[SrH2]. The van der Waals surface area contributed by atoms with E-state index in [2.05, 4.69) is 10.6 Å². The summed E-state index contributed by atoms with van der Waals surface area (Å²) in [7, 11) is 0. The standard InChI is InChI=1S/2C33H35FN2O5.Ca.Sr.2H/c2*1-21(2)31-30(33(41)35-25-11-7-4-8-12-25)29(22-9-5-3-6-10-22)32(23-13-15-24(34)16-14-23)36(31)18-17-26(37)19-27(38)20-28(39)40;;;;/h2*3-16,21,26-27,37-38H,17-20H2,1-2H3,(H,35,41)(H,39,40);;;;/q;;+2;;;/p-2/t2*26-,27-;;;;/m11..../s1. The third-order valence-electron chi connectivity index (χ3n) is 13.8. The number of nitrogens with zero attached hydrogens (tertiary/aromatic N) is 2. The number of aliphatic hydroxyl groups is 4. The Morgan fingerprint density at radius 3 is 1.04 bits per heavy atom. The van der Waals surface area contributed by atoms with Crippen LogP contribution in [0, 0.1) is 11.6 Å². The number of carboxylic acid groups (broad SMARTS) is 2. The van der Waals surface area contributed by atoms with Gasteiger partial charge in [0, 0.05) is 71.8 Å². The van der Waals surface area contributed by atoms with Crippen molar-refractivity contribution in [3.63, 3.8) is 0 Å². The molecule has 0 aliphatic carbocycles. The van der Waals surface area contributed by atoms with Crippen LogP contribution in [0.4, 0.5) is 20.2 Å². The average molecular weight is 1240 g/mol. The van der Waals surface area contributed by atoms with Crippen LogP contribution in [0.1, 0.15) is 110 Å². The Morgan fingerprint density at radius 2 is 0.750 bits per heavy atom. The fourth-order valence-electron chi connectivity index (χ4n) is 10.4. The third kappa shape index (κ3) is 18.6. The minimum atomic E-state index is -1.39. The van der Waals surface area contributed by atoms with E-state index in [9.17, 15) is 58.6 Å². The van der Waals surface area contributed by atoms with E-state index in [1.807, 2.05) is 134 Å². The molecule has 8 aromatic rings. The van der Waals surface area contributed by atoms with E-state index >= 15 is 0 Å². The molecule has 432 valence electrons. The van der Waals surface area contributed by atoms with Crippen LogP contribution in [0.25, 0.3) is 44.8 Å². The number of benzene rings is 6. The van der Waals surface area contributed by atoms with Gasteiger partial charge in [-0.2, -0.15) is 0 Å². The van der Waals surface area contributed by atoms with Crippen LogP contribution < -0.4 is 20.8 Å². The summed E-state index contributed by atoms with van der Waals surface area (Å²) in [6.07, 6.45) is -5.54. The Morgan fingerprint density at radius 1 is 0.452 bits per heavy atom. The number of para-hydroxylation sites is 2. The molecule has 0 aliphatic rings. The van der Waals surface area contributed by atoms with Crippen molar-refractivity contribution in [2.75, 3.05) is 10.6 Å². The van der Waals surface area contributed by atoms with Gasteiger partial charge in [0.2, 0.25) is 0 Å². The van der Waals surface area contributed by atoms with Gasteiger partial charge >= 0.3 is 83.2 Å². The van der Waals surface area contributed by atoms with E-state index in [-0.39, 0.29) is 146 Å². The summed E-state index contributed by atoms with van der Waals surface area (Å²) < 4.78 is 32.0. The van der Waals surface area contributed by atoms with Crippen molar-refractivity contribution in [1.82, 2.24) is 9.13 Å². The molecule has 84 heavy (non-hydrogen) atoms. The second-order valence-electron chi connectivity index (χ2n) is 20.8. The van der Waals surface area contributed by atoms with Crippen molar-refractivity contribution in [2.45, 2.75) is 116 Å². The van der Waals surface area contributed by atoms with Crippen molar-refractivity contribution in [1.29, 1.82) is 0 Å². The van der Waals surface area contributed by atoms with Crippen LogP contribution in [-0.4, -0.2) is 161 Å². The summed E-state index contributed by atoms with van der Waals surface area (Å²) in [6, 6.07) is 49.4. The molecule has 0 radical (unpaired) electrons. The molecule has 0 saturated carbocycles. The molecule has 0 fully saturated rings. The van der Waals surface area contributed by atoms with Crippen LogP contribution in [0.3, 0.4) is 0 Å². The van der Waals surface area contributed by atoms with E-state index < -0.39 is 60.8 Å². The molecular weight excluding hydrogens is 1170 g/mol. The summed E-state index contributed by atoms with van der Waals surface area (Å²) >= 11 is 0. The Hall–Kier alpha value is -5.80. The fourth-order valence-corrected chi connectivity index (χ4v) is 10.4. The number of carboxylic acids is 2. The van der Waals surface area contributed by atoms with E-state index in [1.54, 1.807) is 48.5 Å². The molecule has 8 rings (SSSR count). The summed E-state index contributed by atoms with van der Waals surface area (Å²) in [5.41, 5.74) is 9.43. The molecule has 0 saturated heterocycles. The Bertz CT molecular complexity index is 3180. The van der Waals surface area contributed by atoms with Crippen LogP contribution in [0.5, 0.6) is 0 Å². The van der Waals surface area contributed by atoms with E-state index in [0.717, 1.165) is 22.5 Å². The van der Waals surface area contributed by atoms with Gasteiger partial charge in [-0.25, -0.2) is 8.78 Å². The predicted molar refractivity (Wildman–Crippen MR) is 324 cm³/mol. The number of hydrogen-bond donors (Lipinski definition) is 6. The van der Waals surface area contributed by atoms with Gasteiger partial charge in [0.1, 0.15) is 11.6 Å². The number of rotatable bonds is 24. The van der Waals surface area contributed by atoms with Gasteiger partial charge in [0.15, 0.2) is 0 Å². The number of carbonyl (C=O) groups is 4. The number of anilines is 2. The minimum absolute atomic E-state index is 0. The van der Waals surface area contributed by atoms with Gasteiger partial charge in [0.05, 0.1) is 46.9 Å². The second kappa shape index (κ2) is 33.2. The maximum absolute atomic E-state index is 14.0. The molecular formula is C66H70CaF2N4O10Sr. The molecule has 0 aliphatic heterocycles. The number of nitrogens with one attached hydrogen (secondary N) is 2. The summed E-state index contributed by atoms with van der Waals surface area (Å²) in [5.74, 6) is -4.41. The topological polar surface area (TPSA) is 229 Å². The first-order valence-electron chi connectivity index (χ1n) is 27.3. The van der Waals surface area contributed by atoms with E-state index in [1.165, 1.54) is 24.3 Å². The molecule has 6 N–H and O–H groups in total. The zero-order chi connectivity index (χ0) is 59.0. The quantitative estimate of drug-likeness (QED) is 0.0316. The first-order valence-corrected chi connectivity index (χ1v) is 27.3. The molecule has 6 aromatic carbocycles. The van der Waals surface area contributed by atoms with Crippen LogP contribution in [0.2, 0.25) is 0 Å². The molecule has 0 spiro atoms. The second-order valence-corrected chi connectivity index (χ2v) is 20.8. The third-order valence-corrected chi connectivity index (χ3v) is 13.8. The molecule has 4 atom stereocenters. The molecule has 2 heterocycles. The summed E-state index contributed by atoms with van der Waals surface area (Å²) in [5, 5.41) is 69.2. The van der Waals surface area contributed by atoms with Crippen molar-refractivity contribution >= 4 is 118 Å². The normalized spacial score (nSPS) is 12.4. The monoisotopic (exact) mass is 1240 g/mol. The Labute approximate surface area is 555 Å². The molecule has 2 aromatic heterocycles. The molecule has 0 unspecified atom stereocenters. The average Bonchev–Trinajstić information content (AvgIpc) is 2.49. The predicted octanol–water partition coefficient (Wildman–Crippen LogP) is 8.66. The van der Waals surface area contributed by atoms with E-state index in [0.29, 0.717) is 56.1 Å². The van der Waals surface area contributed by atoms with Crippen molar-refractivity contribution < 1.29 is 58.6 Å². The number of aliphatic hydroxyl groups excluding tert-OH is 4. The van der Waals surface area contributed by atoms with Crippen molar-refractivity contribution in [3.8, 4) is 44.8 Å². The first-order chi connectivity index (χ1) is 39.3. The van der Waals surface area contributed by atoms with Gasteiger partial charge in [-0.15, -0.1) is 0 Å². The zero-order valence-corrected chi connectivity index (χ0v) is 49.1. The fraction of sp³-hybridized carbons (Fsp3) is 0.273. The maximum atomic E-state index is 14.0. The van der Waals surface area contributed by atoms with Crippen molar-refractivity contribution in [3.05, 3.63) is 204 Å². The van der Waals surface area contributed by atoms with Gasteiger partial charge < -0.3 is 60.0 Å². The van der Waals surface area contributed by atoms with E-state index in [4.69, 9.17) is 0 Å². The van der Waals surface area contributed by atoms with Crippen LogP contribution >= 0.6 is 0 Å². The number of aromatic nitrogens is 2. The molecule has 14 nitrogen and oxygen atoms in total. The van der Waals surface area contributed by atoms with Crippen LogP contribution in [-0.2, 0) is 22.7 Å². The van der Waals surface area contributed by atoms with Crippen molar-refractivity contribution in [2.24, 2.45) is 0 Å². The zero-order valence-electron chi connectivity index (χ0n) is 46.9. The summed E-state index contributed by atoms with van der Waals surface area (Å²) in [4.78, 5) is 49.8. The van der Waals surface area contributed by atoms with Gasteiger partial charge in [-0.05, 0) is 133 Å². The Kier molecular flexibility index (Phi) is 27.3. The summed E-state index contributed by atoms with van der Waals surface area (Å²) in [6.45, 7) is 8.45. The number of hydrogen-bond acceptors (Lipinski definition) is 10. The van der Waals surface area contributed by atoms with Gasteiger partial charge in [0.25, 0.3) is 11.8 Å². The number of aliphatic carboxylic acids is 2. The molecule has 2 amide bonds. The molecule has 0 bridgehead atoms. The van der Waals surface area contributed by atoms with Gasteiger partial charge in [-0.1, -0.05) is 125 Å². The van der Waals surface area contributed by atoms with Crippen LogP contribution in [0.15, 0.2) is 170 Å². The number of halogens is 2. The first kappa shape index (κ1) is 69.0.